The SMILES string of the molecule is CCCCCCCCCCCCCCCCCCCCCCCCC=COC(=O)CCC(=O)OC=CCCCCCCCCCCCCCCCCCCCCCCCC. The van der Waals surface area contributed by atoms with Gasteiger partial charge in [-0.1, -0.05) is 284 Å². The molecule has 0 unspecified atom stereocenters. The first kappa shape index (κ1) is 58.4. The number of rotatable bonds is 51. The van der Waals surface area contributed by atoms with Crippen LogP contribution in [0.25, 0.3) is 0 Å². The second-order valence-electron chi connectivity index (χ2n) is 18.6. The van der Waals surface area contributed by atoms with Gasteiger partial charge in [0.15, 0.2) is 0 Å². The van der Waals surface area contributed by atoms with Gasteiger partial charge in [-0.05, 0) is 37.8 Å². The molecule has 0 amide bonds. The van der Waals surface area contributed by atoms with E-state index in [0.29, 0.717) is 0 Å². The van der Waals surface area contributed by atoms with Crippen molar-refractivity contribution in [3.63, 3.8) is 0 Å². The number of carbonyl (C=O) groups excluding carboxylic acids is 2. The van der Waals surface area contributed by atoms with Crippen molar-refractivity contribution in [1.82, 2.24) is 0 Å². The zero-order valence-corrected chi connectivity index (χ0v) is 40.9. The monoisotopic (exact) mass is 843 g/mol. The summed E-state index contributed by atoms with van der Waals surface area (Å²) in [6.07, 6.45) is 70.3. The maximum atomic E-state index is 12.0. The van der Waals surface area contributed by atoms with E-state index in [0.717, 1.165) is 25.7 Å². The first-order chi connectivity index (χ1) is 29.7. The number of ether oxygens (including phenoxy) is 2. The van der Waals surface area contributed by atoms with Crippen molar-refractivity contribution in [2.75, 3.05) is 0 Å². The van der Waals surface area contributed by atoms with Crippen LogP contribution in [0, 0.1) is 0 Å². The molecule has 0 atom stereocenters. The summed E-state index contributed by atoms with van der Waals surface area (Å²) in [4.78, 5) is 23.9. The molecule has 0 fully saturated rings. The van der Waals surface area contributed by atoms with Crippen molar-refractivity contribution < 1.29 is 19.1 Å². The lowest BCUT2D eigenvalue weighted by Crippen LogP contribution is -2.06. The van der Waals surface area contributed by atoms with E-state index in [1.165, 1.54) is 282 Å². The number of hydrogen-bond donors (Lipinski definition) is 0. The highest BCUT2D eigenvalue weighted by atomic mass is 16.5. The van der Waals surface area contributed by atoms with Crippen LogP contribution < -0.4 is 0 Å². The van der Waals surface area contributed by atoms with E-state index in [4.69, 9.17) is 9.47 Å². The Labute approximate surface area is 376 Å². The highest BCUT2D eigenvalue weighted by Gasteiger charge is 2.07. The summed E-state index contributed by atoms with van der Waals surface area (Å²) in [6, 6.07) is 0. The fourth-order valence-corrected chi connectivity index (χ4v) is 8.45. The van der Waals surface area contributed by atoms with Gasteiger partial charge in [-0.15, -0.1) is 0 Å². The van der Waals surface area contributed by atoms with E-state index >= 15 is 0 Å². The van der Waals surface area contributed by atoms with Crippen LogP contribution in [0.3, 0.4) is 0 Å². The van der Waals surface area contributed by atoms with Crippen LogP contribution in [-0.4, -0.2) is 11.9 Å². The van der Waals surface area contributed by atoms with Gasteiger partial charge in [-0.3, -0.25) is 9.59 Å². The highest BCUT2D eigenvalue weighted by molar-refractivity contribution is 5.78. The number of hydrogen-bond acceptors (Lipinski definition) is 4. The number of esters is 2. The Morgan fingerprint density at radius 1 is 0.267 bits per heavy atom. The van der Waals surface area contributed by atoms with Gasteiger partial charge in [0.25, 0.3) is 0 Å². The summed E-state index contributed by atoms with van der Waals surface area (Å²) >= 11 is 0. The van der Waals surface area contributed by atoms with E-state index in [1.807, 2.05) is 12.2 Å². The van der Waals surface area contributed by atoms with Gasteiger partial charge in [-0.25, -0.2) is 0 Å². The maximum absolute atomic E-state index is 12.0. The third-order valence-corrected chi connectivity index (χ3v) is 12.6. The first-order valence-electron chi connectivity index (χ1n) is 27.4. The van der Waals surface area contributed by atoms with Crippen LogP contribution in [0.4, 0.5) is 0 Å². The molecule has 354 valence electrons. The van der Waals surface area contributed by atoms with Crippen LogP contribution in [0.1, 0.15) is 322 Å². The van der Waals surface area contributed by atoms with Gasteiger partial charge in [0.1, 0.15) is 0 Å². The number of carbonyl (C=O) groups is 2. The molecular weight excluding hydrogens is 737 g/mol. The Hall–Kier alpha value is -1.58. The van der Waals surface area contributed by atoms with Crippen molar-refractivity contribution in [3.05, 3.63) is 24.7 Å². The predicted octanol–water partition coefficient (Wildman–Crippen LogP) is 19.9. The standard InChI is InChI=1S/C56H106O4/c1-3-5-7-9-11-13-15-17-19-21-23-25-27-29-31-33-35-37-39-41-43-45-47-49-53-59-55(57)51-52-56(58)60-54-50-48-46-44-42-40-38-36-34-32-30-28-26-24-22-20-18-16-14-12-10-8-6-4-2/h49-50,53-54H,3-48,51-52H2,1-2H3. The Kier molecular flexibility index (Phi) is 52.1. The third-order valence-electron chi connectivity index (χ3n) is 12.6. The van der Waals surface area contributed by atoms with Crippen molar-refractivity contribution >= 4 is 11.9 Å². The van der Waals surface area contributed by atoms with Gasteiger partial charge in [0, 0.05) is 0 Å². The van der Waals surface area contributed by atoms with Gasteiger partial charge in [0.2, 0.25) is 0 Å². The Bertz CT molecular complexity index is 822. The molecule has 0 aromatic heterocycles. The summed E-state index contributed by atoms with van der Waals surface area (Å²) in [6.45, 7) is 4.59. The van der Waals surface area contributed by atoms with Crippen molar-refractivity contribution in [1.29, 1.82) is 0 Å². The van der Waals surface area contributed by atoms with Crippen LogP contribution in [0.5, 0.6) is 0 Å². The topological polar surface area (TPSA) is 52.6 Å². The molecule has 0 heterocycles. The summed E-state index contributed by atoms with van der Waals surface area (Å²) in [5.41, 5.74) is 0. The smallest absolute Gasteiger partial charge is 0.311 e. The summed E-state index contributed by atoms with van der Waals surface area (Å²) in [7, 11) is 0. The van der Waals surface area contributed by atoms with E-state index < -0.39 is 0 Å². The molecule has 0 aromatic rings. The Morgan fingerprint density at radius 2 is 0.433 bits per heavy atom. The molecule has 0 aliphatic heterocycles. The number of allylic oxidation sites excluding steroid dienone is 2. The zero-order chi connectivity index (χ0) is 43.3. The minimum absolute atomic E-state index is 0.0514. The minimum Gasteiger partial charge on any atom is -0.435 e. The van der Waals surface area contributed by atoms with E-state index in [1.54, 1.807) is 0 Å². The largest absolute Gasteiger partial charge is 0.435 e. The molecule has 0 saturated carbocycles. The second-order valence-corrected chi connectivity index (χ2v) is 18.6. The van der Waals surface area contributed by atoms with Gasteiger partial charge in [-0.2, -0.15) is 0 Å². The lowest BCUT2D eigenvalue weighted by atomic mass is 10.0. The van der Waals surface area contributed by atoms with Crippen molar-refractivity contribution in [2.45, 2.75) is 322 Å². The Morgan fingerprint density at radius 3 is 0.617 bits per heavy atom. The van der Waals surface area contributed by atoms with Crippen LogP contribution in [-0.2, 0) is 19.1 Å². The molecule has 0 bridgehead atoms. The summed E-state index contributed by atoms with van der Waals surface area (Å²) in [5, 5.41) is 0. The molecule has 0 saturated heterocycles. The van der Waals surface area contributed by atoms with Crippen LogP contribution in [0.2, 0.25) is 0 Å². The van der Waals surface area contributed by atoms with Gasteiger partial charge < -0.3 is 9.47 Å². The fourth-order valence-electron chi connectivity index (χ4n) is 8.45. The van der Waals surface area contributed by atoms with Crippen molar-refractivity contribution in [2.24, 2.45) is 0 Å². The summed E-state index contributed by atoms with van der Waals surface area (Å²) < 4.78 is 10.3. The maximum Gasteiger partial charge on any atom is 0.311 e. The number of unbranched alkanes of at least 4 members (excludes halogenated alkanes) is 44. The average Bonchev–Trinajstić information content (AvgIpc) is 3.25. The summed E-state index contributed by atoms with van der Waals surface area (Å²) in [5.74, 6) is -0.757. The average molecular weight is 843 g/mol. The van der Waals surface area contributed by atoms with E-state index in [9.17, 15) is 9.59 Å². The molecule has 0 rings (SSSR count). The lowest BCUT2D eigenvalue weighted by Gasteiger charge is -2.04. The molecule has 4 heteroatoms. The zero-order valence-electron chi connectivity index (χ0n) is 40.9. The van der Waals surface area contributed by atoms with Crippen LogP contribution >= 0.6 is 0 Å². The molecule has 0 radical (unpaired) electrons. The molecule has 0 spiro atoms. The predicted molar refractivity (Wildman–Crippen MR) is 263 cm³/mol. The molecule has 0 N–H and O–H groups in total. The van der Waals surface area contributed by atoms with E-state index in [2.05, 4.69) is 13.8 Å². The van der Waals surface area contributed by atoms with Crippen molar-refractivity contribution in [3.8, 4) is 0 Å². The quantitative estimate of drug-likeness (QED) is 0.0348. The molecule has 60 heavy (non-hydrogen) atoms. The minimum atomic E-state index is -0.379. The highest BCUT2D eigenvalue weighted by Crippen LogP contribution is 2.18. The third kappa shape index (κ3) is 52.6. The molecular formula is C56H106O4. The lowest BCUT2D eigenvalue weighted by molar-refractivity contribution is -0.144. The molecule has 0 aliphatic carbocycles. The molecule has 0 aliphatic rings. The molecule has 4 nitrogen and oxygen atoms in total. The fraction of sp³-hybridized carbons (Fsp3) is 0.893. The van der Waals surface area contributed by atoms with Gasteiger partial charge in [0.05, 0.1) is 25.4 Å². The molecule has 0 aromatic carbocycles. The van der Waals surface area contributed by atoms with E-state index in [-0.39, 0.29) is 24.8 Å². The Balaban J connectivity index is 3.32. The normalized spacial score (nSPS) is 11.7. The van der Waals surface area contributed by atoms with Crippen LogP contribution in [0.15, 0.2) is 24.7 Å². The first-order valence-corrected chi connectivity index (χ1v) is 27.4. The van der Waals surface area contributed by atoms with Gasteiger partial charge >= 0.3 is 11.9 Å². The second kappa shape index (κ2) is 53.6.